The number of nitrogen functional groups attached to an aromatic ring is 1. The van der Waals surface area contributed by atoms with Crippen molar-refractivity contribution in [3.63, 3.8) is 0 Å². The zero-order valence-electron chi connectivity index (χ0n) is 10.7. The van der Waals surface area contributed by atoms with E-state index >= 15 is 0 Å². The van der Waals surface area contributed by atoms with Crippen molar-refractivity contribution in [2.75, 3.05) is 10.5 Å². The van der Waals surface area contributed by atoms with Crippen LogP contribution < -0.4 is 10.5 Å². The molecule has 3 N–H and O–H groups in total. The number of nitrogens with zero attached hydrogens (tertiary/aromatic N) is 2. The second-order valence-electron chi connectivity index (χ2n) is 3.70. The molecule has 1 aromatic heterocycles. The Balaban J connectivity index is 0.00000180. The van der Waals surface area contributed by atoms with Crippen molar-refractivity contribution in [1.29, 1.82) is 0 Å². The van der Waals surface area contributed by atoms with Crippen molar-refractivity contribution in [2.45, 2.75) is 11.8 Å². The molecule has 0 atom stereocenters. The Kier molecular flexibility index (Phi) is 5.30. The van der Waals surface area contributed by atoms with E-state index in [2.05, 4.69) is 14.7 Å². The van der Waals surface area contributed by atoms with E-state index in [1.807, 2.05) is 0 Å². The molecule has 0 fully saturated rings. The second kappa shape index (κ2) is 6.33. The number of aryl methyl sites for hydroxylation is 1. The van der Waals surface area contributed by atoms with Crippen LogP contribution in [0.1, 0.15) is 5.69 Å². The minimum Gasteiger partial charge on any atom is -0.399 e. The molecular weight excluding hydrogens is 275 g/mol. The summed E-state index contributed by atoms with van der Waals surface area (Å²) in [7, 11) is -3.68. The molecule has 0 amide bonds. The maximum Gasteiger partial charge on any atom is 0.264 e. The van der Waals surface area contributed by atoms with Crippen LogP contribution >= 0.6 is 0 Å². The van der Waals surface area contributed by atoms with Gasteiger partial charge in [0.05, 0.1) is 4.90 Å². The van der Waals surface area contributed by atoms with Gasteiger partial charge in [0.25, 0.3) is 10.0 Å². The van der Waals surface area contributed by atoms with Crippen molar-refractivity contribution >= 4 is 51.2 Å². The largest absolute Gasteiger partial charge is 0.399 e. The Bertz CT molecular complexity index is 659. The third kappa shape index (κ3) is 4.17. The van der Waals surface area contributed by atoms with Gasteiger partial charge in [0, 0.05) is 47.1 Å². The number of sulfonamides is 1. The van der Waals surface area contributed by atoms with Crippen molar-refractivity contribution in [1.82, 2.24) is 9.97 Å². The summed E-state index contributed by atoms with van der Waals surface area (Å²) in [6.45, 7) is 1.75. The normalized spacial score (nSPS) is 10.6. The van der Waals surface area contributed by atoms with Gasteiger partial charge >= 0.3 is 0 Å². The van der Waals surface area contributed by atoms with Crippen LogP contribution in [0.3, 0.4) is 0 Å². The van der Waals surface area contributed by atoms with Gasteiger partial charge in [-0.25, -0.2) is 23.1 Å². The molecule has 0 saturated carbocycles. The minimum absolute atomic E-state index is 0. The second-order valence-corrected chi connectivity index (χ2v) is 5.38. The Morgan fingerprint density at radius 2 is 1.79 bits per heavy atom. The molecule has 19 heavy (non-hydrogen) atoms. The molecule has 2 aromatic rings. The van der Waals surface area contributed by atoms with Gasteiger partial charge in [-0.1, -0.05) is 0 Å². The van der Waals surface area contributed by atoms with Crippen molar-refractivity contribution in [2.24, 2.45) is 0 Å². The van der Waals surface area contributed by atoms with Gasteiger partial charge in [-0.15, -0.1) is 0 Å². The van der Waals surface area contributed by atoms with E-state index < -0.39 is 10.0 Å². The van der Waals surface area contributed by atoms with Crippen LogP contribution in [0.4, 0.5) is 11.6 Å². The topological polar surface area (TPSA) is 98.0 Å². The van der Waals surface area contributed by atoms with Crippen LogP contribution in [0.15, 0.2) is 41.4 Å². The number of rotatable bonds is 3. The molecular formula is C11H12N4NaO2S. The Morgan fingerprint density at radius 1 is 1.16 bits per heavy atom. The third-order valence-electron chi connectivity index (χ3n) is 2.21. The summed E-state index contributed by atoms with van der Waals surface area (Å²) in [5.74, 6) is 0.0480. The fourth-order valence-electron chi connectivity index (χ4n) is 1.32. The zero-order chi connectivity index (χ0) is 13.2. The van der Waals surface area contributed by atoms with E-state index in [1.165, 1.54) is 30.5 Å². The summed E-state index contributed by atoms with van der Waals surface area (Å²) in [6.07, 6.45) is 1.49. The van der Waals surface area contributed by atoms with Crippen LogP contribution in [0.2, 0.25) is 0 Å². The fourth-order valence-corrected chi connectivity index (χ4v) is 2.28. The van der Waals surface area contributed by atoms with Crippen LogP contribution in [0, 0.1) is 6.92 Å². The molecule has 2 rings (SSSR count). The first kappa shape index (κ1) is 15.9. The first-order chi connectivity index (χ1) is 8.47. The summed E-state index contributed by atoms with van der Waals surface area (Å²) >= 11 is 0. The molecule has 0 aliphatic rings. The predicted octanol–water partition coefficient (Wildman–Crippen LogP) is 0.787. The smallest absolute Gasteiger partial charge is 0.264 e. The molecule has 1 heterocycles. The quantitative estimate of drug-likeness (QED) is 0.642. The third-order valence-corrected chi connectivity index (χ3v) is 3.55. The average molecular weight is 287 g/mol. The number of nitrogens with two attached hydrogens (primary N) is 1. The average Bonchev–Trinajstić information content (AvgIpc) is 2.29. The standard InChI is InChI=1S/C11H12N4O2S.Na/c1-8-6-7-13-11(14-8)15-18(16,17)10-4-2-9(12)3-5-10;/h2-7H,12H2,1H3,(H,13,14,15);. The number of aromatic nitrogens is 2. The van der Waals surface area contributed by atoms with Crippen molar-refractivity contribution < 1.29 is 8.42 Å². The van der Waals surface area contributed by atoms with E-state index in [4.69, 9.17) is 5.73 Å². The summed E-state index contributed by atoms with van der Waals surface area (Å²) in [4.78, 5) is 7.93. The van der Waals surface area contributed by atoms with E-state index in [9.17, 15) is 8.42 Å². The predicted molar refractivity (Wildman–Crippen MR) is 74.2 cm³/mol. The van der Waals surface area contributed by atoms with Gasteiger partial charge in [0.1, 0.15) is 0 Å². The van der Waals surface area contributed by atoms with Gasteiger partial charge in [0.2, 0.25) is 5.95 Å². The Morgan fingerprint density at radius 3 is 2.37 bits per heavy atom. The number of hydrogen-bond acceptors (Lipinski definition) is 5. The van der Waals surface area contributed by atoms with Crippen LogP contribution in [-0.2, 0) is 10.0 Å². The van der Waals surface area contributed by atoms with Crippen LogP contribution in [0.25, 0.3) is 0 Å². The summed E-state index contributed by atoms with van der Waals surface area (Å²) < 4.78 is 26.3. The van der Waals surface area contributed by atoms with E-state index in [-0.39, 0.29) is 40.4 Å². The van der Waals surface area contributed by atoms with E-state index in [1.54, 1.807) is 13.0 Å². The number of benzene rings is 1. The first-order valence-electron chi connectivity index (χ1n) is 5.15. The van der Waals surface area contributed by atoms with Crippen LogP contribution in [0.5, 0.6) is 0 Å². The molecule has 6 nitrogen and oxygen atoms in total. The summed E-state index contributed by atoms with van der Waals surface area (Å²) in [5.41, 5.74) is 6.68. The molecule has 0 spiro atoms. The molecule has 8 heteroatoms. The maximum atomic E-state index is 12.0. The summed E-state index contributed by atoms with van der Waals surface area (Å²) in [6, 6.07) is 7.57. The maximum absolute atomic E-state index is 12.0. The number of anilines is 2. The molecule has 0 aliphatic carbocycles. The Labute approximate surface area is 133 Å². The number of nitrogens with one attached hydrogen (secondary N) is 1. The molecule has 0 unspecified atom stereocenters. The van der Waals surface area contributed by atoms with Crippen LogP contribution in [-0.4, -0.2) is 47.9 Å². The van der Waals surface area contributed by atoms with Gasteiger partial charge in [0.15, 0.2) is 0 Å². The minimum atomic E-state index is -3.68. The van der Waals surface area contributed by atoms with E-state index in [0.29, 0.717) is 11.4 Å². The van der Waals surface area contributed by atoms with Crippen molar-refractivity contribution in [3.05, 3.63) is 42.2 Å². The van der Waals surface area contributed by atoms with Crippen molar-refractivity contribution in [3.8, 4) is 0 Å². The first-order valence-corrected chi connectivity index (χ1v) is 6.64. The SMILES string of the molecule is Cc1ccnc(NS(=O)(=O)c2ccc(N)cc2)n1.[Na]. The summed E-state index contributed by atoms with van der Waals surface area (Å²) in [5, 5.41) is 0. The van der Waals surface area contributed by atoms with E-state index in [0.717, 1.165) is 0 Å². The van der Waals surface area contributed by atoms with Gasteiger partial charge in [-0.3, -0.25) is 0 Å². The van der Waals surface area contributed by atoms with Gasteiger partial charge in [-0.05, 0) is 37.3 Å². The van der Waals surface area contributed by atoms with Gasteiger partial charge in [-0.2, -0.15) is 0 Å². The monoisotopic (exact) mass is 287 g/mol. The number of hydrogen-bond donors (Lipinski definition) is 2. The molecule has 1 radical (unpaired) electrons. The molecule has 0 aliphatic heterocycles. The molecule has 95 valence electrons. The van der Waals surface area contributed by atoms with Gasteiger partial charge < -0.3 is 5.73 Å². The molecule has 0 saturated heterocycles. The Hall–Kier alpha value is -1.15. The molecule has 1 aromatic carbocycles. The molecule has 0 bridgehead atoms. The zero-order valence-corrected chi connectivity index (χ0v) is 13.5. The fraction of sp³-hybridized carbons (Fsp3) is 0.0909.